The van der Waals surface area contributed by atoms with Gasteiger partial charge in [0, 0.05) is 31.7 Å². The highest BCUT2D eigenvalue weighted by Gasteiger charge is 2.30. The van der Waals surface area contributed by atoms with Gasteiger partial charge < -0.3 is 10.0 Å². The smallest absolute Gasteiger partial charge is 0.272 e. The summed E-state index contributed by atoms with van der Waals surface area (Å²) in [4.78, 5) is 17.6. The first-order chi connectivity index (χ1) is 8.74. The molecule has 1 amide bonds. The van der Waals surface area contributed by atoms with E-state index in [0.29, 0.717) is 18.8 Å². The van der Waals surface area contributed by atoms with Crippen LogP contribution in [0, 0.1) is 0 Å². The normalized spacial score (nSPS) is 15.5. The number of β-amino-alcohol motifs (C(OH)–C–C–N with tert-alkyl or cyclic N) is 1. The minimum absolute atomic E-state index is 0.158. The summed E-state index contributed by atoms with van der Waals surface area (Å²) in [6.07, 6.45) is 4.66. The van der Waals surface area contributed by atoms with Gasteiger partial charge in [-0.1, -0.05) is 0 Å². The van der Waals surface area contributed by atoms with E-state index in [1.807, 2.05) is 6.07 Å². The van der Waals surface area contributed by atoms with Crippen LogP contribution in [0.25, 0.3) is 5.69 Å². The zero-order valence-corrected chi connectivity index (χ0v) is 9.60. The molecule has 6 nitrogen and oxygen atoms in total. The van der Waals surface area contributed by atoms with Crippen LogP contribution in [-0.4, -0.2) is 49.9 Å². The summed E-state index contributed by atoms with van der Waals surface area (Å²) in [5, 5.41) is 13.3. The molecule has 3 rings (SSSR count). The van der Waals surface area contributed by atoms with Gasteiger partial charge in [0.25, 0.3) is 5.91 Å². The van der Waals surface area contributed by atoms with Gasteiger partial charge in [-0.2, -0.15) is 5.10 Å². The zero-order chi connectivity index (χ0) is 12.5. The zero-order valence-electron chi connectivity index (χ0n) is 9.60. The third-order valence-corrected chi connectivity index (χ3v) is 2.88. The number of rotatable bonds is 2. The van der Waals surface area contributed by atoms with Crippen LogP contribution in [0.4, 0.5) is 0 Å². The maximum Gasteiger partial charge on any atom is 0.272 e. The molecule has 0 unspecified atom stereocenters. The molecular weight excluding hydrogens is 232 g/mol. The van der Waals surface area contributed by atoms with Gasteiger partial charge >= 0.3 is 0 Å². The van der Waals surface area contributed by atoms with Gasteiger partial charge in [-0.25, -0.2) is 4.68 Å². The SMILES string of the molecule is O=C(c1cc(-n2cccn2)ccn1)N1CC(O)C1. The molecule has 2 aromatic heterocycles. The third-order valence-electron chi connectivity index (χ3n) is 2.88. The molecule has 0 radical (unpaired) electrons. The van der Waals surface area contributed by atoms with Gasteiger partial charge in [0.05, 0.1) is 11.8 Å². The second-order valence-electron chi connectivity index (χ2n) is 4.21. The lowest BCUT2D eigenvalue weighted by molar-refractivity contribution is 0.00550. The van der Waals surface area contributed by atoms with Crippen molar-refractivity contribution in [2.24, 2.45) is 0 Å². The summed E-state index contributed by atoms with van der Waals surface area (Å²) in [5.74, 6) is -0.158. The molecule has 0 saturated carbocycles. The Morgan fingerprint density at radius 3 is 2.89 bits per heavy atom. The molecule has 1 N–H and O–H groups in total. The Labute approximate surface area is 103 Å². The van der Waals surface area contributed by atoms with Crippen LogP contribution >= 0.6 is 0 Å². The molecule has 0 atom stereocenters. The van der Waals surface area contributed by atoms with Crippen LogP contribution in [0.3, 0.4) is 0 Å². The highest BCUT2D eigenvalue weighted by Crippen LogP contribution is 2.14. The number of carbonyl (C=O) groups excluding carboxylic acids is 1. The van der Waals surface area contributed by atoms with Crippen molar-refractivity contribution in [3.63, 3.8) is 0 Å². The number of hydrogen-bond donors (Lipinski definition) is 1. The molecule has 1 fully saturated rings. The Kier molecular flexibility index (Phi) is 2.56. The first-order valence-electron chi connectivity index (χ1n) is 5.67. The number of hydrogen-bond acceptors (Lipinski definition) is 4. The van der Waals surface area contributed by atoms with E-state index in [0.717, 1.165) is 5.69 Å². The molecule has 1 aliphatic heterocycles. The van der Waals surface area contributed by atoms with Crippen LogP contribution in [0.5, 0.6) is 0 Å². The number of pyridine rings is 1. The van der Waals surface area contributed by atoms with E-state index in [-0.39, 0.29) is 5.91 Å². The highest BCUT2D eigenvalue weighted by atomic mass is 16.3. The molecule has 0 spiro atoms. The van der Waals surface area contributed by atoms with Crippen molar-refractivity contribution in [3.8, 4) is 5.69 Å². The van der Waals surface area contributed by atoms with Crippen molar-refractivity contribution >= 4 is 5.91 Å². The van der Waals surface area contributed by atoms with Gasteiger partial charge in [-0.15, -0.1) is 0 Å². The summed E-state index contributed by atoms with van der Waals surface area (Å²) >= 11 is 0. The molecule has 18 heavy (non-hydrogen) atoms. The van der Waals surface area contributed by atoms with Gasteiger partial charge in [0.1, 0.15) is 5.69 Å². The van der Waals surface area contributed by atoms with Crippen molar-refractivity contribution in [1.82, 2.24) is 19.7 Å². The predicted molar refractivity (Wildman–Crippen MR) is 63.3 cm³/mol. The fourth-order valence-electron chi connectivity index (χ4n) is 1.88. The average Bonchev–Trinajstić information content (AvgIpc) is 2.88. The molecule has 6 heteroatoms. The van der Waals surface area contributed by atoms with Crippen LogP contribution in [0.1, 0.15) is 10.5 Å². The van der Waals surface area contributed by atoms with E-state index >= 15 is 0 Å². The number of likely N-dealkylation sites (tertiary alicyclic amines) is 1. The van der Waals surface area contributed by atoms with E-state index in [2.05, 4.69) is 10.1 Å². The molecule has 2 aromatic rings. The predicted octanol–water partition coefficient (Wildman–Crippen LogP) is 0.0840. The molecule has 0 aliphatic carbocycles. The number of carbonyl (C=O) groups is 1. The third kappa shape index (κ3) is 1.86. The Balaban J connectivity index is 1.85. The van der Waals surface area contributed by atoms with Crippen molar-refractivity contribution in [3.05, 3.63) is 42.5 Å². The average molecular weight is 244 g/mol. The van der Waals surface area contributed by atoms with Gasteiger partial charge in [-0.05, 0) is 18.2 Å². The van der Waals surface area contributed by atoms with Gasteiger partial charge in [-0.3, -0.25) is 9.78 Å². The summed E-state index contributed by atoms with van der Waals surface area (Å²) in [6.45, 7) is 0.763. The minimum atomic E-state index is -0.400. The highest BCUT2D eigenvalue weighted by molar-refractivity contribution is 5.93. The largest absolute Gasteiger partial charge is 0.389 e. The topological polar surface area (TPSA) is 71.2 Å². The van der Waals surface area contributed by atoms with E-state index < -0.39 is 6.10 Å². The summed E-state index contributed by atoms with van der Waals surface area (Å²) in [6, 6.07) is 5.29. The second-order valence-corrected chi connectivity index (χ2v) is 4.21. The maximum absolute atomic E-state index is 12.0. The van der Waals surface area contributed by atoms with Crippen molar-refractivity contribution in [1.29, 1.82) is 0 Å². The summed E-state index contributed by atoms with van der Waals surface area (Å²) < 4.78 is 1.67. The quantitative estimate of drug-likeness (QED) is 0.812. The molecule has 1 aliphatic rings. The van der Waals surface area contributed by atoms with Crippen LogP contribution in [0.15, 0.2) is 36.8 Å². The molecule has 1 saturated heterocycles. The number of aliphatic hydroxyl groups excluding tert-OH is 1. The fourth-order valence-corrected chi connectivity index (χ4v) is 1.88. The van der Waals surface area contributed by atoms with E-state index in [1.54, 1.807) is 40.3 Å². The van der Waals surface area contributed by atoms with Gasteiger partial charge in [0.15, 0.2) is 0 Å². The van der Waals surface area contributed by atoms with Crippen molar-refractivity contribution < 1.29 is 9.90 Å². The number of aromatic nitrogens is 3. The van der Waals surface area contributed by atoms with Crippen LogP contribution in [0.2, 0.25) is 0 Å². The summed E-state index contributed by atoms with van der Waals surface area (Å²) in [7, 11) is 0. The Bertz CT molecular complexity index is 561. The number of amides is 1. The molecule has 0 aromatic carbocycles. The Morgan fingerprint density at radius 2 is 2.22 bits per heavy atom. The molecule has 3 heterocycles. The van der Waals surface area contributed by atoms with E-state index in [1.165, 1.54) is 0 Å². The molecule has 92 valence electrons. The minimum Gasteiger partial charge on any atom is -0.389 e. The Hall–Kier alpha value is -2.21. The lowest BCUT2D eigenvalue weighted by atomic mass is 10.1. The van der Waals surface area contributed by atoms with E-state index in [9.17, 15) is 9.90 Å². The standard InChI is InChI=1S/C12H12N4O2/c17-10-7-15(8-10)12(18)11-6-9(2-4-13-11)16-5-1-3-14-16/h1-6,10,17H,7-8H2. The maximum atomic E-state index is 12.0. The molecular formula is C12H12N4O2. The van der Waals surface area contributed by atoms with Gasteiger partial charge in [0.2, 0.25) is 0 Å². The Morgan fingerprint density at radius 1 is 1.39 bits per heavy atom. The first-order valence-corrected chi connectivity index (χ1v) is 5.67. The summed E-state index contributed by atoms with van der Waals surface area (Å²) in [5.41, 5.74) is 1.16. The first kappa shape index (κ1) is 10.9. The van der Waals surface area contributed by atoms with Crippen molar-refractivity contribution in [2.75, 3.05) is 13.1 Å². The monoisotopic (exact) mass is 244 g/mol. The van der Waals surface area contributed by atoms with Crippen LogP contribution in [-0.2, 0) is 0 Å². The second kappa shape index (κ2) is 4.23. The number of nitrogens with zero attached hydrogens (tertiary/aromatic N) is 4. The fraction of sp³-hybridized carbons (Fsp3) is 0.250. The van der Waals surface area contributed by atoms with Crippen molar-refractivity contribution in [2.45, 2.75) is 6.10 Å². The lowest BCUT2D eigenvalue weighted by Crippen LogP contribution is -2.53. The molecule has 0 bridgehead atoms. The van der Waals surface area contributed by atoms with E-state index in [4.69, 9.17) is 0 Å². The lowest BCUT2D eigenvalue weighted by Gasteiger charge is -2.35. The number of aliphatic hydroxyl groups is 1. The van der Waals surface area contributed by atoms with Crippen LogP contribution < -0.4 is 0 Å².